The van der Waals surface area contributed by atoms with Crippen LogP contribution in [0, 0.1) is 12.3 Å². The number of hydrogen-bond acceptors (Lipinski definition) is 0. The van der Waals surface area contributed by atoms with Crippen molar-refractivity contribution in [2.24, 2.45) is 0 Å². The highest BCUT2D eigenvalue weighted by Crippen LogP contribution is 2.38. The van der Waals surface area contributed by atoms with Gasteiger partial charge in [-0.1, -0.05) is 277 Å². The van der Waals surface area contributed by atoms with Crippen LogP contribution in [0.2, 0.25) is 0 Å². The molecule has 1 atom stereocenters. The van der Waals surface area contributed by atoms with Gasteiger partial charge in [-0.2, -0.15) is 0 Å². The minimum absolute atomic E-state index is 0. The fraction of sp³-hybridized carbons (Fsp3) is 0.143. The van der Waals surface area contributed by atoms with Crippen LogP contribution in [0.25, 0.3) is 60.9 Å². The third kappa shape index (κ3) is 15.0. The van der Waals surface area contributed by atoms with Gasteiger partial charge in [0.2, 0.25) is 0 Å². The molecule has 0 radical (unpaired) electrons. The normalized spacial score (nSPS) is 11.2. The van der Waals surface area contributed by atoms with Gasteiger partial charge in [-0.15, -0.1) is 12.3 Å². The molecule has 0 aliphatic rings. The van der Waals surface area contributed by atoms with E-state index in [0.717, 1.165) is 12.0 Å². The minimum Gasteiger partial charge on any atom is -0.120 e. The smallest absolute Gasteiger partial charge is 0.00610 e. The number of benzene rings is 9. The quantitative estimate of drug-likeness (QED) is 0.0896. The van der Waals surface area contributed by atoms with E-state index in [-0.39, 0.29) is 7.43 Å². The van der Waals surface area contributed by atoms with Gasteiger partial charge in [-0.05, 0) is 128 Å². The van der Waals surface area contributed by atoms with Gasteiger partial charge in [0.25, 0.3) is 0 Å². The van der Waals surface area contributed by atoms with E-state index in [1.807, 2.05) is 25.1 Å². The van der Waals surface area contributed by atoms with Crippen molar-refractivity contribution in [3.63, 3.8) is 0 Å². The molecule has 0 amide bonds. The minimum atomic E-state index is 0. The Balaban J connectivity index is 0.000000496. The average molecular weight is 911 g/mol. The Bertz CT molecular complexity index is 3050. The first-order chi connectivity index (χ1) is 33.7. The summed E-state index contributed by atoms with van der Waals surface area (Å²) >= 11 is 0. The highest BCUT2D eigenvalue weighted by atomic mass is 14.2. The van der Waals surface area contributed by atoms with E-state index in [0.29, 0.717) is 5.92 Å². The summed E-state index contributed by atoms with van der Waals surface area (Å²) in [5, 5.41) is 2.49. The van der Waals surface area contributed by atoms with Crippen molar-refractivity contribution < 1.29 is 0 Å². The summed E-state index contributed by atoms with van der Waals surface area (Å²) < 4.78 is 0. The largest absolute Gasteiger partial charge is 0.120 e. The summed E-state index contributed by atoms with van der Waals surface area (Å²) in [5.74, 6) is 2.61. The predicted molar refractivity (Wildman–Crippen MR) is 311 cm³/mol. The Labute approximate surface area is 421 Å². The molecule has 0 heterocycles. The Morgan fingerprint density at radius 1 is 0.500 bits per heavy atom. The molecule has 70 heavy (non-hydrogen) atoms. The van der Waals surface area contributed by atoms with Crippen molar-refractivity contribution in [3.05, 3.63) is 283 Å². The number of fused-ring (bicyclic) bond motifs is 1. The first kappa shape index (κ1) is 53.0. The van der Waals surface area contributed by atoms with E-state index in [4.69, 9.17) is 0 Å². The molecule has 0 saturated heterocycles. The number of terminal acetylenes is 1. The van der Waals surface area contributed by atoms with Gasteiger partial charge in [0, 0.05) is 5.92 Å². The fourth-order valence-electron chi connectivity index (χ4n) is 8.14. The zero-order valence-corrected chi connectivity index (χ0v) is 41.4. The van der Waals surface area contributed by atoms with Crippen LogP contribution in [0.5, 0.6) is 0 Å². The molecule has 0 heteroatoms. The van der Waals surface area contributed by atoms with Gasteiger partial charge in [0.1, 0.15) is 0 Å². The molecule has 9 rings (SSSR count). The molecule has 0 aliphatic heterocycles. The van der Waals surface area contributed by atoms with Crippen LogP contribution in [-0.2, 0) is 6.42 Å². The molecule has 1 unspecified atom stereocenters. The van der Waals surface area contributed by atoms with Gasteiger partial charge in [-0.25, -0.2) is 0 Å². The summed E-state index contributed by atoms with van der Waals surface area (Å²) in [4.78, 5) is 0. The second-order valence-corrected chi connectivity index (χ2v) is 17.3. The standard InChI is InChI=1S/C54H44.C9H10.C3H8.C3H4.CH4/c1-39(42-16-8-4-9-17-42)36-52(23-22-41-14-6-3-7-15-41)47-30-34-49(35-31-47)54-38-51-21-13-12-20-50(51)37-53(54)48-32-28-46(29-33-48)45-26-24-44(25-27-45)40(2)43-18-10-5-11-19-43;1-8(2)9-6-4-3-5-7-9;2*1-3-2;/h3-21,23-38,40H,22H2,1-2H3;3-7H,1H2,2H3;3H2,1-2H3;1H,2H3;1H4/b39-36+,52-23+;;;;. The van der Waals surface area contributed by atoms with Crippen molar-refractivity contribution in [3.8, 4) is 45.7 Å². The number of hydrogen-bond donors (Lipinski definition) is 0. The first-order valence-corrected chi connectivity index (χ1v) is 24.2. The van der Waals surface area contributed by atoms with Crippen LogP contribution in [0.3, 0.4) is 0 Å². The van der Waals surface area contributed by atoms with Gasteiger partial charge >= 0.3 is 0 Å². The molecule has 0 saturated carbocycles. The van der Waals surface area contributed by atoms with Crippen LogP contribution in [0.1, 0.15) is 94.7 Å². The number of rotatable bonds is 11. The van der Waals surface area contributed by atoms with Gasteiger partial charge in [0.15, 0.2) is 0 Å². The van der Waals surface area contributed by atoms with Crippen LogP contribution in [-0.4, -0.2) is 0 Å². The molecule has 9 aromatic rings. The van der Waals surface area contributed by atoms with Crippen molar-refractivity contribution in [2.75, 3.05) is 0 Å². The lowest BCUT2D eigenvalue weighted by Gasteiger charge is -2.15. The summed E-state index contributed by atoms with van der Waals surface area (Å²) in [6.07, 6.45) is 11.4. The maximum absolute atomic E-state index is 4.60. The lowest BCUT2D eigenvalue weighted by atomic mass is 9.89. The molecular weight excluding hydrogens is 841 g/mol. The Hall–Kier alpha value is -7.98. The van der Waals surface area contributed by atoms with E-state index in [9.17, 15) is 0 Å². The third-order valence-electron chi connectivity index (χ3n) is 11.9. The van der Waals surface area contributed by atoms with Crippen molar-refractivity contribution in [2.45, 2.75) is 67.7 Å². The molecule has 0 N–H and O–H groups in total. The summed E-state index contributed by atoms with van der Waals surface area (Å²) in [7, 11) is 0. The van der Waals surface area contributed by atoms with E-state index in [1.54, 1.807) is 6.92 Å². The van der Waals surface area contributed by atoms with Crippen molar-refractivity contribution in [1.29, 1.82) is 0 Å². The second-order valence-electron chi connectivity index (χ2n) is 17.3. The van der Waals surface area contributed by atoms with Crippen molar-refractivity contribution >= 4 is 27.5 Å². The average Bonchev–Trinajstić information content (AvgIpc) is 3.41. The lowest BCUT2D eigenvalue weighted by molar-refractivity contribution is 0.923. The van der Waals surface area contributed by atoms with Crippen molar-refractivity contribution in [1.82, 2.24) is 0 Å². The second kappa shape index (κ2) is 27.7. The zero-order chi connectivity index (χ0) is 48.8. The van der Waals surface area contributed by atoms with E-state index in [2.05, 4.69) is 271 Å². The monoisotopic (exact) mass is 911 g/mol. The predicted octanol–water partition coefficient (Wildman–Crippen LogP) is 20.1. The first-order valence-electron chi connectivity index (χ1n) is 24.2. The molecule has 350 valence electrons. The number of allylic oxidation sites excluding steroid dienone is 5. The maximum atomic E-state index is 4.60. The SMILES string of the molecule is C.C#CC.C/C(=C\C(=C/Cc1ccccc1)c1ccc(-c2cc3ccccc3cc2-c2ccc(-c3ccc(C(C)c4ccccc4)cc3)cc2)cc1)c1ccccc1.C=C(C)c1ccccc1.CCC. The highest BCUT2D eigenvalue weighted by molar-refractivity contribution is 5.97. The lowest BCUT2D eigenvalue weighted by Crippen LogP contribution is -1.95. The van der Waals surface area contributed by atoms with Gasteiger partial charge < -0.3 is 0 Å². The maximum Gasteiger partial charge on any atom is 0.00610 e. The Morgan fingerprint density at radius 2 is 0.871 bits per heavy atom. The van der Waals surface area contributed by atoms with E-state index >= 15 is 0 Å². The molecule has 0 spiro atoms. The molecule has 0 bridgehead atoms. The highest BCUT2D eigenvalue weighted by Gasteiger charge is 2.13. The molecule has 9 aromatic carbocycles. The fourth-order valence-corrected chi connectivity index (χ4v) is 8.14. The van der Waals surface area contributed by atoms with Crippen LogP contribution in [0.4, 0.5) is 0 Å². The summed E-state index contributed by atoms with van der Waals surface area (Å²) in [5.41, 5.74) is 18.6. The van der Waals surface area contributed by atoms with E-state index < -0.39 is 0 Å². The third-order valence-corrected chi connectivity index (χ3v) is 11.9. The summed E-state index contributed by atoms with van der Waals surface area (Å²) in [6.45, 7) is 16.2. The molecule has 0 fully saturated rings. The summed E-state index contributed by atoms with van der Waals surface area (Å²) in [6, 6.07) is 82.9. The van der Waals surface area contributed by atoms with E-state index in [1.165, 1.54) is 95.1 Å². The topological polar surface area (TPSA) is 0 Å². The van der Waals surface area contributed by atoms with Crippen LogP contribution in [0.15, 0.2) is 249 Å². The molecular formula is C70H70. The molecule has 0 nitrogen and oxygen atoms in total. The van der Waals surface area contributed by atoms with Crippen LogP contribution >= 0.6 is 0 Å². The Morgan fingerprint density at radius 3 is 1.33 bits per heavy atom. The van der Waals surface area contributed by atoms with Gasteiger partial charge in [-0.3, -0.25) is 0 Å². The molecule has 0 aromatic heterocycles. The molecule has 0 aliphatic carbocycles. The Kier molecular flexibility index (Phi) is 21.0. The van der Waals surface area contributed by atoms with Gasteiger partial charge in [0.05, 0.1) is 0 Å². The van der Waals surface area contributed by atoms with Crippen LogP contribution < -0.4 is 0 Å². The zero-order valence-electron chi connectivity index (χ0n) is 41.4.